The number of carbonyl (C=O) groups excluding carboxylic acids is 1. The van der Waals surface area contributed by atoms with E-state index in [9.17, 15) is 4.79 Å². The zero-order valence-corrected chi connectivity index (χ0v) is 12.6. The van der Waals surface area contributed by atoms with E-state index in [0.717, 1.165) is 29.9 Å². The van der Waals surface area contributed by atoms with E-state index in [0.29, 0.717) is 11.2 Å². The molecule has 1 rings (SSSR count). The molecule has 0 saturated carbocycles. The van der Waals surface area contributed by atoms with Gasteiger partial charge in [0, 0.05) is 5.69 Å². The molecule has 0 fully saturated rings. The van der Waals surface area contributed by atoms with E-state index in [1.54, 1.807) is 7.11 Å². The molecule has 0 atom stereocenters. The van der Waals surface area contributed by atoms with Crippen LogP contribution in [0.4, 0.5) is 5.69 Å². The van der Waals surface area contributed by atoms with Crippen molar-refractivity contribution in [3.05, 3.63) is 29.3 Å². The Balaban J connectivity index is 2.81. The van der Waals surface area contributed by atoms with Crippen LogP contribution < -0.4 is 5.32 Å². The van der Waals surface area contributed by atoms with Gasteiger partial charge in [0.15, 0.2) is 6.54 Å². The molecular formula is C15H25N2O2+. The fourth-order valence-electron chi connectivity index (χ4n) is 2.22. The number of aryl methyl sites for hydroxylation is 2. The Labute approximate surface area is 115 Å². The number of nitrogens with zero attached hydrogens (tertiary/aromatic N) is 1. The predicted molar refractivity (Wildman–Crippen MR) is 77.8 cm³/mol. The van der Waals surface area contributed by atoms with Crippen LogP contribution in [-0.2, 0) is 9.63 Å². The van der Waals surface area contributed by atoms with Gasteiger partial charge in [0.25, 0.3) is 5.91 Å². The molecule has 1 aromatic carbocycles. The van der Waals surface area contributed by atoms with Gasteiger partial charge >= 0.3 is 0 Å². The summed E-state index contributed by atoms with van der Waals surface area (Å²) in [6.07, 6.45) is 0. The van der Waals surface area contributed by atoms with Gasteiger partial charge in [-0.15, -0.1) is 0 Å². The fourth-order valence-corrected chi connectivity index (χ4v) is 2.22. The lowest BCUT2D eigenvalue weighted by Crippen LogP contribution is -2.51. The normalized spacial score (nSPS) is 11.4. The minimum atomic E-state index is -0.0112. The van der Waals surface area contributed by atoms with Crippen molar-refractivity contribution in [1.82, 2.24) is 0 Å². The summed E-state index contributed by atoms with van der Waals surface area (Å²) in [6.45, 7) is 9.93. The van der Waals surface area contributed by atoms with Crippen LogP contribution in [0.5, 0.6) is 0 Å². The average Bonchev–Trinajstić information content (AvgIpc) is 2.41. The number of nitrogens with one attached hydrogen (secondary N) is 1. The Morgan fingerprint density at radius 3 is 2.16 bits per heavy atom. The minimum absolute atomic E-state index is 0.0112. The van der Waals surface area contributed by atoms with Gasteiger partial charge in [-0.2, -0.15) is 4.65 Å². The summed E-state index contributed by atoms with van der Waals surface area (Å²) in [5, 5.41) is 3.00. The van der Waals surface area contributed by atoms with Crippen molar-refractivity contribution in [1.29, 1.82) is 0 Å². The Kier molecular flexibility index (Phi) is 5.51. The van der Waals surface area contributed by atoms with E-state index < -0.39 is 0 Å². The van der Waals surface area contributed by atoms with Crippen molar-refractivity contribution in [2.75, 3.05) is 32.1 Å². The number of carbonyl (C=O) groups is 1. The number of quaternary nitrogens is 1. The third kappa shape index (κ3) is 3.78. The van der Waals surface area contributed by atoms with Crippen LogP contribution >= 0.6 is 0 Å². The van der Waals surface area contributed by atoms with E-state index in [2.05, 4.69) is 5.32 Å². The highest BCUT2D eigenvalue weighted by Crippen LogP contribution is 2.19. The molecule has 0 saturated heterocycles. The smallest absolute Gasteiger partial charge is 0.282 e. The summed E-state index contributed by atoms with van der Waals surface area (Å²) in [5.41, 5.74) is 3.07. The van der Waals surface area contributed by atoms with Crippen LogP contribution in [0.15, 0.2) is 18.2 Å². The summed E-state index contributed by atoms with van der Waals surface area (Å²) in [7, 11) is 1.65. The molecule has 0 heterocycles. The molecule has 1 aromatic rings. The van der Waals surface area contributed by atoms with Crippen LogP contribution in [0.3, 0.4) is 0 Å². The molecule has 0 bridgehead atoms. The summed E-state index contributed by atoms with van der Waals surface area (Å²) in [5.74, 6) is -0.0112. The molecule has 0 unspecified atom stereocenters. The lowest BCUT2D eigenvalue weighted by atomic mass is 10.1. The molecule has 0 aliphatic rings. The number of hydroxylamine groups is 3. The summed E-state index contributed by atoms with van der Waals surface area (Å²) in [4.78, 5) is 17.7. The highest BCUT2D eigenvalue weighted by Gasteiger charge is 2.28. The predicted octanol–water partition coefficient (Wildman–Crippen LogP) is 2.66. The lowest BCUT2D eigenvalue weighted by Gasteiger charge is -2.31. The maximum absolute atomic E-state index is 12.2. The third-order valence-corrected chi connectivity index (χ3v) is 3.72. The van der Waals surface area contributed by atoms with Gasteiger partial charge in [-0.25, -0.2) is 4.84 Å². The molecule has 0 aromatic heterocycles. The molecular weight excluding hydrogens is 240 g/mol. The number of benzene rings is 1. The van der Waals surface area contributed by atoms with E-state index >= 15 is 0 Å². The molecule has 0 aliphatic heterocycles. The molecule has 4 nitrogen and oxygen atoms in total. The van der Waals surface area contributed by atoms with Gasteiger partial charge in [0.1, 0.15) is 13.1 Å². The monoisotopic (exact) mass is 265 g/mol. The fraction of sp³-hybridized carbons (Fsp3) is 0.533. The molecule has 4 heteroatoms. The number of amides is 1. The van der Waals surface area contributed by atoms with E-state index in [-0.39, 0.29) is 5.91 Å². The topological polar surface area (TPSA) is 38.3 Å². The maximum Gasteiger partial charge on any atom is 0.282 e. The van der Waals surface area contributed by atoms with Gasteiger partial charge in [0.2, 0.25) is 0 Å². The van der Waals surface area contributed by atoms with Crippen LogP contribution in [0.1, 0.15) is 25.0 Å². The summed E-state index contributed by atoms with van der Waals surface area (Å²) >= 11 is 0. The quantitative estimate of drug-likeness (QED) is 0.634. The van der Waals surface area contributed by atoms with Crippen LogP contribution in [0, 0.1) is 13.8 Å². The van der Waals surface area contributed by atoms with Crippen molar-refractivity contribution in [2.45, 2.75) is 27.7 Å². The summed E-state index contributed by atoms with van der Waals surface area (Å²) < 4.78 is 0.344. The van der Waals surface area contributed by atoms with Crippen molar-refractivity contribution >= 4 is 11.6 Å². The first-order valence-corrected chi connectivity index (χ1v) is 6.76. The molecule has 1 N–H and O–H groups in total. The Hall–Kier alpha value is -1.39. The summed E-state index contributed by atoms with van der Waals surface area (Å²) in [6, 6.07) is 6.00. The standard InChI is InChI=1S/C15H24N2O2/c1-6-17(7-2,19-5)11-14(18)16-15-12(3)9-8-10-13(15)4/h8-10H,6-7,11H2,1-5H3/p+1. The molecule has 0 aliphatic carbocycles. The second-order valence-corrected chi connectivity index (χ2v) is 4.85. The van der Waals surface area contributed by atoms with Gasteiger partial charge in [-0.05, 0) is 38.8 Å². The van der Waals surface area contributed by atoms with E-state index in [1.807, 2.05) is 45.9 Å². The zero-order valence-electron chi connectivity index (χ0n) is 12.6. The van der Waals surface area contributed by atoms with Gasteiger partial charge < -0.3 is 5.32 Å². The second kappa shape index (κ2) is 6.68. The first-order valence-electron chi connectivity index (χ1n) is 6.76. The number of para-hydroxylation sites is 1. The SMILES string of the molecule is CC[N+](CC)(CC(=O)Nc1c(C)cccc1C)OC. The molecule has 1 amide bonds. The van der Waals surface area contributed by atoms with Crippen molar-refractivity contribution in [2.24, 2.45) is 0 Å². The van der Waals surface area contributed by atoms with Crippen LogP contribution in [0.25, 0.3) is 0 Å². The molecule has 0 radical (unpaired) electrons. The van der Waals surface area contributed by atoms with Crippen LogP contribution in [0.2, 0.25) is 0 Å². The van der Waals surface area contributed by atoms with Gasteiger partial charge in [-0.1, -0.05) is 18.2 Å². The number of anilines is 1. The van der Waals surface area contributed by atoms with E-state index in [1.165, 1.54) is 0 Å². The maximum atomic E-state index is 12.2. The van der Waals surface area contributed by atoms with E-state index in [4.69, 9.17) is 4.84 Å². The first-order chi connectivity index (χ1) is 8.98. The molecule has 106 valence electrons. The number of hydrogen-bond donors (Lipinski definition) is 1. The van der Waals surface area contributed by atoms with Gasteiger partial charge in [-0.3, -0.25) is 4.79 Å². The Morgan fingerprint density at radius 2 is 1.74 bits per heavy atom. The Bertz CT molecular complexity index is 411. The third-order valence-electron chi connectivity index (χ3n) is 3.72. The number of rotatable bonds is 6. The highest BCUT2D eigenvalue weighted by molar-refractivity contribution is 5.93. The van der Waals surface area contributed by atoms with Crippen molar-refractivity contribution in [3.8, 4) is 0 Å². The Morgan fingerprint density at radius 1 is 1.21 bits per heavy atom. The highest BCUT2D eigenvalue weighted by atomic mass is 16.7. The lowest BCUT2D eigenvalue weighted by molar-refractivity contribution is -1.09. The van der Waals surface area contributed by atoms with Gasteiger partial charge in [0.05, 0.1) is 7.11 Å². The molecule has 19 heavy (non-hydrogen) atoms. The van der Waals surface area contributed by atoms with Crippen molar-refractivity contribution in [3.63, 3.8) is 0 Å². The van der Waals surface area contributed by atoms with Crippen molar-refractivity contribution < 1.29 is 14.3 Å². The zero-order chi connectivity index (χ0) is 14.5. The second-order valence-electron chi connectivity index (χ2n) is 4.85. The molecule has 0 spiro atoms. The van der Waals surface area contributed by atoms with Crippen LogP contribution in [-0.4, -0.2) is 37.3 Å². The first kappa shape index (κ1) is 15.7. The minimum Gasteiger partial charge on any atom is -0.321 e. The average molecular weight is 265 g/mol. The number of hydrogen-bond acceptors (Lipinski definition) is 2. The largest absolute Gasteiger partial charge is 0.321 e. The number of likely N-dealkylation sites (N-methyl/N-ethyl adjacent to an activating group) is 1.